The van der Waals surface area contributed by atoms with Crippen LogP contribution in [0, 0.1) is 5.92 Å². The van der Waals surface area contributed by atoms with Crippen LogP contribution in [0.1, 0.15) is 23.7 Å². The minimum absolute atomic E-state index is 0.00827. The van der Waals surface area contributed by atoms with Gasteiger partial charge in [-0.15, -0.1) is 0 Å². The average Bonchev–Trinajstić information content (AvgIpc) is 2.35. The van der Waals surface area contributed by atoms with Crippen molar-refractivity contribution < 1.29 is 19.4 Å². The van der Waals surface area contributed by atoms with Crippen LogP contribution < -0.4 is 4.74 Å². The van der Waals surface area contributed by atoms with Crippen LogP contribution in [0.5, 0.6) is 5.75 Å². The second kappa shape index (κ2) is 6.52. The summed E-state index contributed by atoms with van der Waals surface area (Å²) in [7, 11) is 0. The Morgan fingerprint density at radius 2 is 2.05 bits per heavy atom. The lowest BCUT2D eigenvalue weighted by Crippen LogP contribution is -2.48. The maximum atomic E-state index is 11.4. The monoisotopic (exact) mass is 277 g/mol. The number of likely N-dealkylation sites (tertiary alicyclic amines) is 1. The average molecular weight is 277 g/mol. The number of carboxylic acid groups (broad SMARTS) is 1. The SMILES string of the molecule is CC(=O)c1ccccc1OCCN1CC(CC(=O)O)C1. The maximum Gasteiger partial charge on any atom is 0.303 e. The highest BCUT2D eigenvalue weighted by molar-refractivity contribution is 5.96. The topological polar surface area (TPSA) is 66.8 Å². The van der Waals surface area contributed by atoms with E-state index in [1.165, 1.54) is 6.92 Å². The normalized spacial score (nSPS) is 15.7. The number of ether oxygens (including phenoxy) is 1. The van der Waals surface area contributed by atoms with Gasteiger partial charge in [0.1, 0.15) is 12.4 Å². The van der Waals surface area contributed by atoms with E-state index in [4.69, 9.17) is 9.84 Å². The Hall–Kier alpha value is -1.88. The van der Waals surface area contributed by atoms with Gasteiger partial charge in [-0.3, -0.25) is 14.5 Å². The molecule has 5 heteroatoms. The van der Waals surface area contributed by atoms with E-state index < -0.39 is 5.97 Å². The van der Waals surface area contributed by atoms with E-state index in [-0.39, 0.29) is 18.1 Å². The standard InChI is InChI=1S/C15H19NO4/c1-11(17)13-4-2-3-5-14(13)20-7-6-16-9-12(10-16)8-15(18)19/h2-5,12H,6-10H2,1H3,(H,18,19). The van der Waals surface area contributed by atoms with Crippen LogP contribution in [0.2, 0.25) is 0 Å². The Balaban J connectivity index is 1.72. The van der Waals surface area contributed by atoms with Gasteiger partial charge in [-0.05, 0) is 25.0 Å². The van der Waals surface area contributed by atoms with Crippen LogP contribution in [0.4, 0.5) is 0 Å². The van der Waals surface area contributed by atoms with Crippen molar-refractivity contribution in [2.24, 2.45) is 5.92 Å². The van der Waals surface area contributed by atoms with E-state index in [1.807, 2.05) is 12.1 Å². The smallest absolute Gasteiger partial charge is 0.303 e. The maximum absolute atomic E-state index is 11.4. The number of carbonyl (C=O) groups excluding carboxylic acids is 1. The third kappa shape index (κ3) is 3.81. The first-order valence-corrected chi connectivity index (χ1v) is 6.73. The molecule has 1 N–H and O–H groups in total. The van der Waals surface area contributed by atoms with Gasteiger partial charge in [0.25, 0.3) is 0 Å². The van der Waals surface area contributed by atoms with Gasteiger partial charge < -0.3 is 9.84 Å². The van der Waals surface area contributed by atoms with E-state index in [2.05, 4.69) is 4.90 Å². The Kier molecular flexibility index (Phi) is 4.74. The fourth-order valence-corrected chi connectivity index (χ4v) is 2.40. The number of rotatable bonds is 7. The second-order valence-corrected chi connectivity index (χ2v) is 5.12. The molecule has 1 aliphatic heterocycles. The van der Waals surface area contributed by atoms with Crippen molar-refractivity contribution in [3.05, 3.63) is 29.8 Å². The Labute approximate surface area is 118 Å². The van der Waals surface area contributed by atoms with E-state index >= 15 is 0 Å². The molecule has 0 saturated carbocycles. The van der Waals surface area contributed by atoms with Gasteiger partial charge in [0.2, 0.25) is 0 Å². The summed E-state index contributed by atoms with van der Waals surface area (Å²) in [5, 5.41) is 8.67. The van der Waals surface area contributed by atoms with Gasteiger partial charge in [0.05, 0.1) is 12.0 Å². The number of carboxylic acids is 1. The fraction of sp³-hybridized carbons (Fsp3) is 0.467. The van der Waals surface area contributed by atoms with Crippen molar-refractivity contribution in [3.63, 3.8) is 0 Å². The predicted octanol–water partition coefficient (Wildman–Crippen LogP) is 1.67. The third-order valence-corrected chi connectivity index (χ3v) is 3.43. The minimum atomic E-state index is -0.735. The molecule has 20 heavy (non-hydrogen) atoms. The number of hydrogen-bond acceptors (Lipinski definition) is 4. The van der Waals surface area contributed by atoms with Crippen LogP contribution in [0.25, 0.3) is 0 Å². The Morgan fingerprint density at radius 1 is 1.35 bits per heavy atom. The quantitative estimate of drug-likeness (QED) is 0.768. The van der Waals surface area contributed by atoms with Gasteiger partial charge in [0, 0.05) is 19.6 Å². The van der Waals surface area contributed by atoms with Gasteiger partial charge in [-0.1, -0.05) is 12.1 Å². The molecular formula is C15H19NO4. The summed E-state index contributed by atoms with van der Waals surface area (Å²) in [6, 6.07) is 7.20. The molecule has 1 heterocycles. The summed E-state index contributed by atoms with van der Waals surface area (Å²) < 4.78 is 5.64. The first kappa shape index (κ1) is 14.5. The molecule has 0 atom stereocenters. The van der Waals surface area contributed by atoms with Crippen molar-refractivity contribution in [1.82, 2.24) is 4.90 Å². The molecule has 1 aromatic carbocycles. The number of carbonyl (C=O) groups is 2. The van der Waals surface area contributed by atoms with Crippen molar-refractivity contribution in [2.75, 3.05) is 26.2 Å². The third-order valence-electron chi connectivity index (χ3n) is 3.43. The lowest BCUT2D eigenvalue weighted by molar-refractivity contribution is -0.139. The van der Waals surface area contributed by atoms with E-state index in [0.29, 0.717) is 17.9 Å². The number of aliphatic carboxylic acids is 1. The number of Topliss-reactive ketones (excluding diaryl/α,β-unsaturated/α-hetero) is 1. The van der Waals surface area contributed by atoms with Crippen LogP contribution in [0.3, 0.4) is 0 Å². The molecule has 2 rings (SSSR count). The highest BCUT2D eigenvalue weighted by Gasteiger charge is 2.28. The van der Waals surface area contributed by atoms with Gasteiger partial charge in [-0.25, -0.2) is 0 Å². The van der Waals surface area contributed by atoms with Crippen LogP contribution in [-0.2, 0) is 4.79 Å². The van der Waals surface area contributed by atoms with Crippen molar-refractivity contribution in [3.8, 4) is 5.75 Å². The number of para-hydroxylation sites is 1. The molecular weight excluding hydrogens is 258 g/mol. The van der Waals surface area contributed by atoms with Crippen molar-refractivity contribution in [1.29, 1.82) is 0 Å². The van der Waals surface area contributed by atoms with Crippen molar-refractivity contribution in [2.45, 2.75) is 13.3 Å². The molecule has 1 aromatic rings. The molecule has 0 aliphatic carbocycles. The number of benzene rings is 1. The molecule has 0 radical (unpaired) electrons. The molecule has 0 unspecified atom stereocenters. The van der Waals surface area contributed by atoms with E-state index in [0.717, 1.165) is 19.6 Å². The molecule has 1 saturated heterocycles. The van der Waals surface area contributed by atoms with Crippen LogP contribution >= 0.6 is 0 Å². The predicted molar refractivity (Wildman–Crippen MR) is 74.1 cm³/mol. The van der Waals surface area contributed by atoms with Crippen LogP contribution in [-0.4, -0.2) is 48.0 Å². The molecule has 0 bridgehead atoms. The molecule has 0 amide bonds. The molecule has 1 fully saturated rings. The molecule has 1 aliphatic rings. The second-order valence-electron chi connectivity index (χ2n) is 5.12. The van der Waals surface area contributed by atoms with E-state index in [1.54, 1.807) is 12.1 Å². The number of nitrogens with zero attached hydrogens (tertiary/aromatic N) is 1. The van der Waals surface area contributed by atoms with Crippen molar-refractivity contribution >= 4 is 11.8 Å². The first-order valence-electron chi connectivity index (χ1n) is 6.73. The molecule has 5 nitrogen and oxygen atoms in total. The summed E-state index contributed by atoms with van der Waals surface area (Å²) in [5.41, 5.74) is 0.597. The molecule has 0 aromatic heterocycles. The number of hydrogen-bond donors (Lipinski definition) is 1. The summed E-state index contributed by atoms with van der Waals surface area (Å²) in [6.07, 6.45) is 0.241. The molecule has 108 valence electrons. The minimum Gasteiger partial charge on any atom is -0.491 e. The summed E-state index contributed by atoms with van der Waals surface area (Å²) in [6.45, 7) is 4.40. The highest BCUT2D eigenvalue weighted by atomic mass is 16.5. The zero-order valence-electron chi connectivity index (χ0n) is 11.5. The van der Waals surface area contributed by atoms with Gasteiger partial charge in [0.15, 0.2) is 5.78 Å². The number of ketones is 1. The Morgan fingerprint density at radius 3 is 2.70 bits per heavy atom. The highest BCUT2D eigenvalue weighted by Crippen LogP contribution is 2.20. The summed E-state index contributed by atoms with van der Waals surface area (Å²) >= 11 is 0. The lowest BCUT2D eigenvalue weighted by Gasteiger charge is -2.38. The first-order chi connectivity index (χ1) is 9.56. The van der Waals surface area contributed by atoms with Gasteiger partial charge >= 0.3 is 5.97 Å². The van der Waals surface area contributed by atoms with Gasteiger partial charge in [-0.2, -0.15) is 0 Å². The summed E-state index contributed by atoms with van der Waals surface area (Å²) in [5.74, 6) is 0.131. The lowest BCUT2D eigenvalue weighted by atomic mass is 9.97. The zero-order chi connectivity index (χ0) is 14.5. The zero-order valence-corrected chi connectivity index (χ0v) is 11.5. The fourth-order valence-electron chi connectivity index (χ4n) is 2.40. The summed E-state index contributed by atoms with van der Waals surface area (Å²) in [4.78, 5) is 24.1. The Bertz CT molecular complexity index is 494. The van der Waals surface area contributed by atoms with Crippen LogP contribution in [0.15, 0.2) is 24.3 Å². The largest absolute Gasteiger partial charge is 0.491 e. The molecule has 0 spiro atoms. The van der Waals surface area contributed by atoms with E-state index in [9.17, 15) is 9.59 Å².